The summed E-state index contributed by atoms with van der Waals surface area (Å²) in [5, 5.41) is 9.44. The van der Waals surface area contributed by atoms with E-state index in [2.05, 4.69) is 23.6 Å². The summed E-state index contributed by atoms with van der Waals surface area (Å²) < 4.78 is 0. The van der Waals surface area contributed by atoms with Gasteiger partial charge in [0, 0.05) is 26.2 Å². The van der Waals surface area contributed by atoms with E-state index < -0.39 is 11.5 Å². The monoisotopic (exact) mass is 271 g/mol. The molecule has 1 rings (SSSR count). The third-order valence-electron chi connectivity index (χ3n) is 3.68. The molecule has 0 aliphatic heterocycles. The molecule has 1 atom stereocenters. The normalized spacial score (nSPS) is 19.2. The van der Waals surface area contributed by atoms with Gasteiger partial charge in [-0.05, 0) is 38.8 Å². The van der Waals surface area contributed by atoms with E-state index in [0.717, 1.165) is 32.5 Å². The van der Waals surface area contributed by atoms with Gasteiger partial charge in [-0.25, -0.2) is 0 Å². The highest BCUT2D eigenvalue weighted by Gasteiger charge is 2.49. The van der Waals surface area contributed by atoms with E-state index in [9.17, 15) is 9.90 Å². The summed E-state index contributed by atoms with van der Waals surface area (Å²) in [6.07, 6.45) is 1.90. The lowest BCUT2D eigenvalue weighted by atomic mass is 9.93. The first-order valence-corrected chi connectivity index (χ1v) is 7.15. The van der Waals surface area contributed by atoms with Crippen LogP contribution >= 0.6 is 0 Å². The number of carboxylic acid groups (broad SMARTS) is 1. The van der Waals surface area contributed by atoms with Gasteiger partial charge in [0.05, 0.1) is 0 Å². The molecule has 0 bridgehead atoms. The fraction of sp³-hybridized carbons (Fsp3) is 0.929. The Morgan fingerprint density at radius 1 is 1.37 bits per heavy atom. The zero-order chi connectivity index (χ0) is 14.6. The van der Waals surface area contributed by atoms with Crippen LogP contribution in [0.25, 0.3) is 0 Å². The summed E-state index contributed by atoms with van der Waals surface area (Å²) in [5.41, 5.74) is 5.11. The van der Waals surface area contributed by atoms with Crippen LogP contribution in [0.15, 0.2) is 0 Å². The zero-order valence-corrected chi connectivity index (χ0v) is 12.7. The Kier molecular flexibility index (Phi) is 5.77. The minimum absolute atomic E-state index is 0.152. The average Bonchev–Trinajstić information content (AvgIpc) is 3.08. The summed E-state index contributed by atoms with van der Waals surface area (Å²) in [6, 6.07) is 0. The van der Waals surface area contributed by atoms with Crippen LogP contribution in [0.2, 0.25) is 0 Å². The van der Waals surface area contributed by atoms with Gasteiger partial charge in [0.1, 0.15) is 5.54 Å². The maximum atomic E-state index is 11.5. The Bertz CT molecular complexity index is 303. The highest BCUT2D eigenvalue weighted by atomic mass is 16.4. The van der Waals surface area contributed by atoms with E-state index in [1.807, 2.05) is 14.1 Å². The predicted molar refractivity (Wildman–Crippen MR) is 77.1 cm³/mol. The van der Waals surface area contributed by atoms with E-state index in [4.69, 9.17) is 5.73 Å². The second-order valence-corrected chi connectivity index (χ2v) is 6.55. The van der Waals surface area contributed by atoms with Crippen LogP contribution < -0.4 is 5.73 Å². The molecule has 5 nitrogen and oxygen atoms in total. The number of likely N-dealkylation sites (N-methyl/N-ethyl adjacent to an activating group) is 1. The fourth-order valence-corrected chi connectivity index (χ4v) is 2.43. The average molecular weight is 271 g/mol. The molecule has 0 aromatic rings. The highest BCUT2D eigenvalue weighted by Crippen LogP contribution is 2.39. The molecule has 0 amide bonds. The molecule has 0 radical (unpaired) electrons. The first-order chi connectivity index (χ1) is 8.75. The summed E-state index contributed by atoms with van der Waals surface area (Å²) in [5.74, 6) is -0.188. The summed E-state index contributed by atoms with van der Waals surface area (Å²) >= 11 is 0. The van der Waals surface area contributed by atoms with E-state index in [-0.39, 0.29) is 5.92 Å². The van der Waals surface area contributed by atoms with E-state index in [0.29, 0.717) is 12.5 Å². The minimum Gasteiger partial charge on any atom is -0.480 e. The van der Waals surface area contributed by atoms with Crippen LogP contribution in [-0.4, -0.2) is 66.7 Å². The van der Waals surface area contributed by atoms with Crippen molar-refractivity contribution in [3.05, 3.63) is 0 Å². The van der Waals surface area contributed by atoms with Crippen molar-refractivity contribution in [2.75, 3.05) is 40.3 Å². The van der Waals surface area contributed by atoms with Crippen molar-refractivity contribution in [1.82, 2.24) is 9.80 Å². The molecule has 1 saturated carbocycles. The molecule has 0 aromatic carbocycles. The van der Waals surface area contributed by atoms with Crippen molar-refractivity contribution in [2.45, 2.75) is 32.2 Å². The Hall–Kier alpha value is -0.650. The first kappa shape index (κ1) is 16.4. The molecule has 3 N–H and O–H groups in total. The number of carboxylic acids is 1. The summed E-state index contributed by atoms with van der Waals surface area (Å²) in [7, 11) is 4.06. The van der Waals surface area contributed by atoms with E-state index in [1.165, 1.54) is 0 Å². The van der Waals surface area contributed by atoms with Crippen LogP contribution in [0, 0.1) is 11.8 Å². The summed E-state index contributed by atoms with van der Waals surface area (Å²) in [4.78, 5) is 15.8. The van der Waals surface area contributed by atoms with Gasteiger partial charge in [-0.15, -0.1) is 0 Å². The van der Waals surface area contributed by atoms with Gasteiger partial charge in [0.15, 0.2) is 0 Å². The van der Waals surface area contributed by atoms with E-state index in [1.54, 1.807) is 0 Å². The maximum Gasteiger partial charge on any atom is 0.325 e. The standard InChI is InChI=1S/C14H29N3O2/c1-11(2)9-17(8-7-16(3)4)10-14(15,13(18)19)12-5-6-12/h11-12H,5-10,15H2,1-4H3,(H,18,19). The van der Waals surface area contributed by atoms with Gasteiger partial charge >= 0.3 is 5.97 Å². The van der Waals surface area contributed by atoms with Crippen molar-refractivity contribution in [3.8, 4) is 0 Å². The van der Waals surface area contributed by atoms with Gasteiger partial charge in [-0.1, -0.05) is 13.8 Å². The van der Waals surface area contributed by atoms with Crippen LogP contribution in [0.1, 0.15) is 26.7 Å². The molecule has 0 saturated heterocycles. The molecule has 19 heavy (non-hydrogen) atoms. The Morgan fingerprint density at radius 2 is 1.95 bits per heavy atom. The van der Waals surface area contributed by atoms with Crippen molar-refractivity contribution in [1.29, 1.82) is 0 Å². The summed E-state index contributed by atoms with van der Waals surface area (Å²) in [6.45, 7) is 7.44. The van der Waals surface area contributed by atoms with Crippen LogP contribution in [0.4, 0.5) is 0 Å². The SMILES string of the molecule is CC(C)CN(CCN(C)C)CC(N)(C(=O)O)C1CC1. The van der Waals surface area contributed by atoms with Crippen LogP contribution in [-0.2, 0) is 4.79 Å². The Morgan fingerprint density at radius 3 is 2.32 bits per heavy atom. The smallest absolute Gasteiger partial charge is 0.325 e. The Labute approximate surface area is 116 Å². The molecular weight excluding hydrogens is 242 g/mol. The second-order valence-electron chi connectivity index (χ2n) is 6.55. The first-order valence-electron chi connectivity index (χ1n) is 7.15. The number of nitrogens with two attached hydrogens (primary N) is 1. The minimum atomic E-state index is -1.07. The molecule has 0 spiro atoms. The lowest BCUT2D eigenvalue weighted by Crippen LogP contribution is -2.58. The van der Waals surface area contributed by atoms with Crippen LogP contribution in [0.5, 0.6) is 0 Å². The number of rotatable bonds is 9. The van der Waals surface area contributed by atoms with Crippen molar-refractivity contribution < 1.29 is 9.90 Å². The molecule has 0 heterocycles. The quantitative estimate of drug-likeness (QED) is 0.646. The number of hydrogen-bond acceptors (Lipinski definition) is 4. The van der Waals surface area contributed by atoms with E-state index >= 15 is 0 Å². The van der Waals surface area contributed by atoms with Gasteiger partial charge in [0.25, 0.3) is 0 Å². The third kappa shape index (κ3) is 5.09. The van der Waals surface area contributed by atoms with Gasteiger partial charge in [-0.3, -0.25) is 9.69 Å². The molecular formula is C14H29N3O2. The van der Waals surface area contributed by atoms with Gasteiger partial charge < -0.3 is 15.7 Å². The predicted octanol–water partition coefficient (Wildman–Crippen LogP) is 0.698. The zero-order valence-electron chi connectivity index (χ0n) is 12.7. The molecule has 112 valence electrons. The Balaban J connectivity index is 2.65. The lowest BCUT2D eigenvalue weighted by Gasteiger charge is -2.34. The third-order valence-corrected chi connectivity index (χ3v) is 3.68. The lowest BCUT2D eigenvalue weighted by molar-refractivity contribution is -0.145. The number of nitrogens with zero attached hydrogens (tertiary/aromatic N) is 2. The number of aliphatic carboxylic acids is 1. The van der Waals surface area contributed by atoms with Crippen molar-refractivity contribution in [2.24, 2.45) is 17.6 Å². The molecule has 1 unspecified atom stereocenters. The van der Waals surface area contributed by atoms with Crippen LogP contribution in [0.3, 0.4) is 0 Å². The highest BCUT2D eigenvalue weighted by molar-refractivity contribution is 5.79. The fourth-order valence-electron chi connectivity index (χ4n) is 2.43. The topological polar surface area (TPSA) is 69.8 Å². The second kappa shape index (κ2) is 6.68. The maximum absolute atomic E-state index is 11.5. The molecule has 0 aromatic heterocycles. The molecule has 1 aliphatic carbocycles. The van der Waals surface area contributed by atoms with Gasteiger partial charge in [-0.2, -0.15) is 0 Å². The van der Waals surface area contributed by atoms with Crippen molar-refractivity contribution >= 4 is 5.97 Å². The van der Waals surface area contributed by atoms with Gasteiger partial charge in [0.2, 0.25) is 0 Å². The molecule has 5 heteroatoms. The largest absolute Gasteiger partial charge is 0.480 e. The number of hydrogen-bond donors (Lipinski definition) is 2. The molecule has 1 fully saturated rings. The van der Waals surface area contributed by atoms with Crippen molar-refractivity contribution in [3.63, 3.8) is 0 Å². The molecule has 1 aliphatic rings. The number of carbonyl (C=O) groups is 1.